The molecule has 5 N–H and O–H groups in total. The minimum atomic E-state index is -1.17. The van der Waals surface area contributed by atoms with E-state index in [4.69, 9.17) is 26.8 Å². The molecular formula is C17H26N2O5S. The molecule has 2 rings (SSSR count). The Morgan fingerprint density at radius 3 is 2.48 bits per heavy atom. The van der Waals surface area contributed by atoms with E-state index in [1.165, 1.54) is 0 Å². The molecule has 0 saturated carbocycles. The molecule has 25 heavy (non-hydrogen) atoms. The monoisotopic (exact) mass is 370 g/mol. The van der Waals surface area contributed by atoms with E-state index >= 15 is 0 Å². The van der Waals surface area contributed by atoms with Crippen LogP contribution in [0.2, 0.25) is 0 Å². The van der Waals surface area contributed by atoms with Gasteiger partial charge in [-0.3, -0.25) is 0 Å². The highest BCUT2D eigenvalue weighted by Crippen LogP contribution is 2.20. The van der Waals surface area contributed by atoms with Crippen molar-refractivity contribution in [3.8, 4) is 5.75 Å². The fourth-order valence-electron chi connectivity index (χ4n) is 2.36. The summed E-state index contributed by atoms with van der Waals surface area (Å²) in [5.74, 6) is 1.38. The second-order valence-electron chi connectivity index (χ2n) is 6.41. The van der Waals surface area contributed by atoms with Crippen molar-refractivity contribution in [3.05, 3.63) is 24.3 Å². The van der Waals surface area contributed by atoms with Crippen LogP contribution in [0.25, 0.3) is 0 Å². The first-order chi connectivity index (χ1) is 11.9. The van der Waals surface area contributed by atoms with Crippen molar-refractivity contribution in [3.63, 3.8) is 0 Å². The van der Waals surface area contributed by atoms with Gasteiger partial charge in [0.2, 0.25) is 0 Å². The second kappa shape index (κ2) is 9.30. The van der Waals surface area contributed by atoms with Gasteiger partial charge in [-0.1, -0.05) is 13.8 Å². The normalized spacial score (nSPS) is 25.8. The smallest absolute Gasteiger partial charge is 0.172 e. The maximum atomic E-state index is 9.88. The van der Waals surface area contributed by atoms with Crippen LogP contribution in [0.1, 0.15) is 20.3 Å². The van der Waals surface area contributed by atoms with Gasteiger partial charge in [-0.2, -0.15) is 0 Å². The molecule has 140 valence electrons. The van der Waals surface area contributed by atoms with Gasteiger partial charge < -0.3 is 35.4 Å². The number of rotatable bonds is 7. The predicted molar refractivity (Wildman–Crippen MR) is 98.5 cm³/mol. The zero-order chi connectivity index (χ0) is 18.4. The number of nitrogens with one attached hydrogen (secondary N) is 2. The molecule has 1 aromatic rings. The Bertz CT molecular complexity index is 554. The van der Waals surface area contributed by atoms with E-state index in [9.17, 15) is 10.2 Å². The average molecular weight is 370 g/mol. The number of aliphatic hydroxyl groups is 3. The summed E-state index contributed by atoms with van der Waals surface area (Å²) in [4.78, 5) is 0. The Hall–Kier alpha value is -1.45. The van der Waals surface area contributed by atoms with Crippen LogP contribution < -0.4 is 15.4 Å². The summed E-state index contributed by atoms with van der Waals surface area (Å²) in [7, 11) is 0. The van der Waals surface area contributed by atoms with Gasteiger partial charge in [-0.25, -0.2) is 0 Å². The molecule has 0 aromatic heterocycles. The summed E-state index contributed by atoms with van der Waals surface area (Å²) >= 11 is 5.18. The van der Waals surface area contributed by atoms with E-state index in [0.29, 0.717) is 12.5 Å². The van der Waals surface area contributed by atoms with Crippen LogP contribution >= 0.6 is 12.2 Å². The topological polar surface area (TPSA) is 103 Å². The molecule has 2 unspecified atom stereocenters. The van der Waals surface area contributed by atoms with E-state index in [1.807, 2.05) is 24.3 Å². The summed E-state index contributed by atoms with van der Waals surface area (Å²) < 4.78 is 11.0. The first-order valence-corrected chi connectivity index (χ1v) is 8.74. The number of aliphatic hydroxyl groups excluding tert-OH is 3. The molecule has 1 aliphatic heterocycles. The standard InChI is InChI=1S/C17H26N2O5S/c1-10(2)7-8-23-12-5-3-11(4-6-12)18-17(25)19-16-15(22)14(21)13(9-20)24-16/h3-6,10,13-16,20-22H,7-9H2,1-2H3,(H2,18,19,25)/t13-,14+,15?,16?/m1/s1. The highest BCUT2D eigenvalue weighted by Gasteiger charge is 2.42. The summed E-state index contributed by atoms with van der Waals surface area (Å²) in [6, 6.07) is 7.35. The van der Waals surface area contributed by atoms with Gasteiger partial charge in [-0.05, 0) is 48.8 Å². The minimum absolute atomic E-state index is 0.239. The Balaban J connectivity index is 1.80. The molecule has 0 bridgehead atoms. The Morgan fingerprint density at radius 1 is 1.24 bits per heavy atom. The maximum Gasteiger partial charge on any atom is 0.172 e. The number of hydrogen-bond acceptors (Lipinski definition) is 6. The molecule has 7 nitrogen and oxygen atoms in total. The molecule has 1 heterocycles. The van der Waals surface area contributed by atoms with Crippen molar-refractivity contribution in [2.24, 2.45) is 5.92 Å². The molecule has 1 aliphatic rings. The highest BCUT2D eigenvalue weighted by atomic mass is 32.1. The summed E-state index contributed by atoms with van der Waals surface area (Å²) in [5, 5.41) is 34.7. The van der Waals surface area contributed by atoms with Crippen LogP contribution in [-0.4, -0.2) is 58.2 Å². The molecule has 0 aliphatic carbocycles. The van der Waals surface area contributed by atoms with Crippen LogP contribution in [0.15, 0.2) is 24.3 Å². The largest absolute Gasteiger partial charge is 0.494 e. The number of ether oxygens (including phenoxy) is 2. The zero-order valence-electron chi connectivity index (χ0n) is 14.4. The molecule has 8 heteroatoms. The lowest BCUT2D eigenvalue weighted by Crippen LogP contribution is -2.45. The third-order valence-electron chi connectivity index (χ3n) is 3.89. The number of anilines is 1. The first kappa shape index (κ1) is 19.9. The number of hydrogen-bond donors (Lipinski definition) is 5. The Labute approximate surface area is 153 Å². The van der Waals surface area contributed by atoms with Crippen molar-refractivity contribution in [2.45, 2.75) is 44.8 Å². The van der Waals surface area contributed by atoms with Crippen LogP contribution in [-0.2, 0) is 4.74 Å². The number of thiocarbonyl (C=S) groups is 1. The third kappa shape index (κ3) is 5.79. The zero-order valence-corrected chi connectivity index (χ0v) is 15.2. The van der Waals surface area contributed by atoms with Crippen molar-refractivity contribution >= 4 is 23.0 Å². The van der Waals surface area contributed by atoms with Gasteiger partial charge in [-0.15, -0.1) is 0 Å². The van der Waals surface area contributed by atoms with E-state index in [1.54, 1.807) is 0 Å². The lowest BCUT2D eigenvalue weighted by Gasteiger charge is -2.19. The summed E-state index contributed by atoms with van der Waals surface area (Å²) in [6.07, 6.45) is -3.05. The average Bonchev–Trinajstić information content (AvgIpc) is 2.84. The van der Waals surface area contributed by atoms with Crippen LogP contribution in [0.3, 0.4) is 0 Å². The SMILES string of the molecule is CC(C)CCOc1ccc(NC(=S)NC2O[C@H](CO)[C@H](O)C2O)cc1. The summed E-state index contributed by atoms with van der Waals surface area (Å²) in [5.41, 5.74) is 0.750. The third-order valence-corrected chi connectivity index (χ3v) is 4.11. The second-order valence-corrected chi connectivity index (χ2v) is 6.82. The lowest BCUT2D eigenvalue weighted by molar-refractivity contribution is -0.0260. The molecule has 0 amide bonds. The van der Waals surface area contributed by atoms with Crippen LogP contribution in [0.5, 0.6) is 5.75 Å². The van der Waals surface area contributed by atoms with E-state index in [0.717, 1.165) is 17.9 Å². The van der Waals surface area contributed by atoms with Crippen molar-refractivity contribution in [2.75, 3.05) is 18.5 Å². The van der Waals surface area contributed by atoms with E-state index < -0.39 is 24.5 Å². The van der Waals surface area contributed by atoms with Crippen LogP contribution in [0, 0.1) is 5.92 Å². The molecule has 1 aromatic carbocycles. The highest BCUT2D eigenvalue weighted by molar-refractivity contribution is 7.80. The number of benzene rings is 1. The molecule has 4 atom stereocenters. The van der Waals surface area contributed by atoms with Gasteiger partial charge in [0.25, 0.3) is 0 Å². The van der Waals surface area contributed by atoms with Gasteiger partial charge >= 0.3 is 0 Å². The van der Waals surface area contributed by atoms with Crippen molar-refractivity contribution in [1.29, 1.82) is 0 Å². The molecule has 1 saturated heterocycles. The quantitative estimate of drug-likeness (QED) is 0.450. The van der Waals surface area contributed by atoms with Crippen molar-refractivity contribution < 1.29 is 24.8 Å². The van der Waals surface area contributed by atoms with Gasteiger partial charge in [0.05, 0.1) is 13.2 Å². The Kier molecular flexibility index (Phi) is 7.39. The maximum absolute atomic E-state index is 9.88. The minimum Gasteiger partial charge on any atom is -0.494 e. The van der Waals surface area contributed by atoms with Crippen molar-refractivity contribution in [1.82, 2.24) is 5.32 Å². The fourth-order valence-corrected chi connectivity index (χ4v) is 2.60. The van der Waals surface area contributed by atoms with Gasteiger partial charge in [0, 0.05) is 5.69 Å². The molecule has 0 spiro atoms. The summed E-state index contributed by atoms with van der Waals surface area (Å²) in [6.45, 7) is 4.60. The fraction of sp³-hybridized carbons (Fsp3) is 0.588. The molecule has 1 fully saturated rings. The predicted octanol–water partition coefficient (Wildman–Crippen LogP) is 0.837. The van der Waals surface area contributed by atoms with Gasteiger partial charge in [0.1, 0.15) is 24.1 Å². The lowest BCUT2D eigenvalue weighted by atomic mass is 10.1. The Morgan fingerprint density at radius 2 is 1.92 bits per heavy atom. The first-order valence-electron chi connectivity index (χ1n) is 8.33. The van der Waals surface area contributed by atoms with E-state index in [-0.39, 0.29) is 11.7 Å². The van der Waals surface area contributed by atoms with E-state index in [2.05, 4.69) is 24.5 Å². The van der Waals surface area contributed by atoms with Gasteiger partial charge in [0.15, 0.2) is 11.3 Å². The molecular weight excluding hydrogens is 344 g/mol. The van der Waals surface area contributed by atoms with Crippen LogP contribution in [0.4, 0.5) is 5.69 Å². The molecule has 0 radical (unpaired) electrons.